The second-order valence-electron chi connectivity index (χ2n) is 11.7. The fourth-order valence-electron chi connectivity index (χ4n) is 6.41. The molecule has 1 aliphatic carbocycles. The molecule has 0 spiro atoms. The number of carbonyl (C=O) groups excluding carboxylic acids is 1. The van der Waals surface area contributed by atoms with Gasteiger partial charge in [0.25, 0.3) is 5.56 Å². The lowest BCUT2D eigenvalue weighted by molar-refractivity contribution is -0.139. The van der Waals surface area contributed by atoms with Crippen molar-refractivity contribution in [3.63, 3.8) is 0 Å². The van der Waals surface area contributed by atoms with Gasteiger partial charge in [0, 0.05) is 46.3 Å². The van der Waals surface area contributed by atoms with Crippen molar-refractivity contribution in [1.82, 2.24) is 14.0 Å². The number of esters is 1. The summed E-state index contributed by atoms with van der Waals surface area (Å²) in [5.74, 6) is 1.06. The molecule has 1 saturated heterocycles. The molecular weight excluding hydrogens is 528 g/mol. The Morgan fingerprint density at radius 2 is 1.69 bits per heavy atom. The number of carbonyl (C=O) groups is 1. The molecule has 0 N–H and O–H groups in total. The van der Waals surface area contributed by atoms with Crippen molar-refractivity contribution in [2.24, 2.45) is 20.0 Å². The first-order chi connectivity index (χ1) is 20.2. The number of hydrogen-bond donors (Lipinski definition) is 0. The number of benzene rings is 2. The van der Waals surface area contributed by atoms with Gasteiger partial charge < -0.3 is 14.5 Å². The van der Waals surface area contributed by atoms with Crippen LogP contribution in [0.5, 0.6) is 0 Å². The van der Waals surface area contributed by atoms with Gasteiger partial charge in [-0.25, -0.2) is 4.79 Å². The standard InChI is InChI=1S/C34H42N4O4/c1-35(23-24-15-18-38(19-16-24)31-22-32(39)37(3)34(41)36(31)2)17-7-10-29-28-9-6-5-8-26(28)13-14-27-12-11-25(20-30(27)29)21-33(40)42-4/h5-6,8-12,20,22,24H,7,13-19,21,23H2,1-4H3. The van der Waals surface area contributed by atoms with Crippen LogP contribution in [0.1, 0.15) is 47.1 Å². The smallest absolute Gasteiger partial charge is 0.332 e. The highest BCUT2D eigenvalue weighted by molar-refractivity contribution is 5.84. The lowest BCUT2D eigenvalue weighted by atomic mass is 9.91. The predicted octanol–water partition coefficient (Wildman–Crippen LogP) is 3.57. The van der Waals surface area contributed by atoms with Crippen molar-refractivity contribution in [1.29, 1.82) is 0 Å². The highest BCUT2D eigenvalue weighted by atomic mass is 16.5. The van der Waals surface area contributed by atoms with E-state index in [4.69, 9.17) is 4.74 Å². The summed E-state index contributed by atoms with van der Waals surface area (Å²) in [6.45, 7) is 3.64. The van der Waals surface area contributed by atoms with E-state index < -0.39 is 0 Å². The van der Waals surface area contributed by atoms with Crippen LogP contribution < -0.4 is 16.1 Å². The third-order valence-corrected chi connectivity index (χ3v) is 8.88. The number of ether oxygens (including phenoxy) is 1. The first kappa shape index (κ1) is 29.6. The normalized spacial score (nSPS) is 16.3. The summed E-state index contributed by atoms with van der Waals surface area (Å²) in [6.07, 6.45) is 7.61. The van der Waals surface area contributed by atoms with E-state index in [1.807, 2.05) is 0 Å². The highest BCUT2D eigenvalue weighted by Gasteiger charge is 2.23. The number of anilines is 1. The van der Waals surface area contributed by atoms with Crippen LogP contribution in [0, 0.1) is 5.92 Å². The minimum Gasteiger partial charge on any atom is -0.469 e. The molecule has 222 valence electrons. The molecule has 2 heterocycles. The summed E-state index contributed by atoms with van der Waals surface area (Å²) in [5.41, 5.74) is 6.88. The summed E-state index contributed by atoms with van der Waals surface area (Å²) in [4.78, 5) is 41.1. The van der Waals surface area contributed by atoms with Gasteiger partial charge in [-0.1, -0.05) is 48.5 Å². The molecule has 0 amide bonds. The highest BCUT2D eigenvalue weighted by Crippen LogP contribution is 2.34. The molecule has 0 unspecified atom stereocenters. The van der Waals surface area contributed by atoms with E-state index in [-0.39, 0.29) is 23.6 Å². The average Bonchev–Trinajstić information content (AvgIpc) is 3.15. The van der Waals surface area contributed by atoms with Crippen molar-refractivity contribution in [3.8, 4) is 0 Å². The zero-order valence-electron chi connectivity index (χ0n) is 25.3. The Labute approximate surface area is 247 Å². The van der Waals surface area contributed by atoms with Crippen LogP contribution in [-0.2, 0) is 42.9 Å². The minimum atomic E-state index is -0.285. The molecule has 0 radical (unpaired) electrons. The molecule has 1 fully saturated rings. The summed E-state index contributed by atoms with van der Waals surface area (Å²) < 4.78 is 7.64. The van der Waals surface area contributed by atoms with E-state index in [9.17, 15) is 14.4 Å². The van der Waals surface area contributed by atoms with E-state index in [2.05, 4.69) is 65.4 Å². The quantitative estimate of drug-likeness (QED) is 0.386. The predicted molar refractivity (Wildman–Crippen MR) is 167 cm³/mol. The van der Waals surface area contributed by atoms with E-state index in [0.717, 1.165) is 68.4 Å². The number of aryl methyl sites for hydroxylation is 2. The molecule has 2 aliphatic rings. The molecule has 1 aromatic heterocycles. The molecule has 5 rings (SSSR count). The van der Waals surface area contributed by atoms with Gasteiger partial charge in [-0.2, -0.15) is 0 Å². The monoisotopic (exact) mass is 570 g/mol. The van der Waals surface area contributed by atoms with Gasteiger partial charge in [-0.3, -0.25) is 18.7 Å². The van der Waals surface area contributed by atoms with Crippen molar-refractivity contribution in [2.75, 3.05) is 45.2 Å². The molecule has 8 heteroatoms. The fraction of sp³-hybridized carbons (Fsp3) is 0.441. The Morgan fingerprint density at radius 1 is 0.976 bits per heavy atom. The van der Waals surface area contributed by atoms with Crippen LogP contribution in [0.15, 0.2) is 64.2 Å². The van der Waals surface area contributed by atoms with Crippen LogP contribution >= 0.6 is 0 Å². The topological polar surface area (TPSA) is 76.8 Å². The lowest BCUT2D eigenvalue weighted by Gasteiger charge is -2.35. The number of piperidine rings is 1. The molecule has 8 nitrogen and oxygen atoms in total. The molecular formula is C34H42N4O4. The van der Waals surface area contributed by atoms with Crippen LogP contribution in [0.3, 0.4) is 0 Å². The Morgan fingerprint density at radius 3 is 2.43 bits per heavy atom. The van der Waals surface area contributed by atoms with E-state index >= 15 is 0 Å². The fourth-order valence-corrected chi connectivity index (χ4v) is 6.41. The number of rotatable bonds is 8. The molecule has 0 bridgehead atoms. The Bertz CT molecular complexity index is 1590. The second kappa shape index (κ2) is 12.9. The molecule has 3 aromatic rings. The van der Waals surface area contributed by atoms with Crippen LogP contribution in [-0.4, -0.2) is 60.3 Å². The molecule has 2 aromatic carbocycles. The van der Waals surface area contributed by atoms with Crippen molar-refractivity contribution >= 4 is 17.4 Å². The Balaban J connectivity index is 1.25. The minimum absolute atomic E-state index is 0.223. The largest absolute Gasteiger partial charge is 0.469 e. The number of aromatic nitrogens is 2. The maximum Gasteiger partial charge on any atom is 0.332 e. The summed E-state index contributed by atoms with van der Waals surface area (Å²) in [5, 5.41) is 0. The first-order valence-corrected chi connectivity index (χ1v) is 14.9. The van der Waals surface area contributed by atoms with Gasteiger partial charge in [0.2, 0.25) is 0 Å². The van der Waals surface area contributed by atoms with Gasteiger partial charge in [0.1, 0.15) is 5.82 Å². The zero-order valence-corrected chi connectivity index (χ0v) is 25.3. The van der Waals surface area contributed by atoms with Gasteiger partial charge in [0.15, 0.2) is 0 Å². The second-order valence-corrected chi connectivity index (χ2v) is 11.7. The van der Waals surface area contributed by atoms with Crippen LogP contribution in [0.4, 0.5) is 5.82 Å². The molecule has 0 atom stereocenters. The third kappa shape index (κ3) is 6.44. The lowest BCUT2D eigenvalue weighted by Crippen LogP contribution is -2.43. The summed E-state index contributed by atoms with van der Waals surface area (Å²) in [7, 11) is 6.88. The van der Waals surface area contributed by atoms with Crippen molar-refractivity contribution in [2.45, 2.75) is 38.5 Å². The van der Waals surface area contributed by atoms with E-state index in [0.29, 0.717) is 11.7 Å². The third-order valence-electron chi connectivity index (χ3n) is 8.88. The number of hydrogen-bond acceptors (Lipinski definition) is 6. The van der Waals surface area contributed by atoms with Gasteiger partial charge >= 0.3 is 11.7 Å². The first-order valence-electron chi connectivity index (χ1n) is 14.9. The Kier molecular flexibility index (Phi) is 9.12. The molecule has 1 aliphatic heterocycles. The van der Waals surface area contributed by atoms with Gasteiger partial charge in [0.05, 0.1) is 13.5 Å². The SMILES string of the molecule is COC(=O)Cc1ccc2c(c1)C(=CCCN(C)CC1CCN(c3cc(=O)n(C)c(=O)n3C)CC1)c1ccccc1CC2. The van der Waals surface area contributed by atoms with Crippen LogP contribution in [0.2, 0.25) is 0 Å². The van der Waals surface area contributed by atoms with E-state index in [1.165, 1.54) is 42.0 Å². The van der Waals surface area contributed by atoms with Crippen molar-refractivity contribution in [3.05, 3.63) is 103 Å². The maximum atomic E-state index is 12.4. The molecule has 42 heavy (non-hydrogen) atoms. The van der Waals surface area contributed by atoms with E-state index in [1.54, 1.807) is 17.7 Å². The number of methoxy groups -OCH3 is 1. The Hall–Kier alpha value is -3.91. The van der Waals surface area contributed by atoms with Gasteiger partial charge in [-0.05, 0) is 78.5 Å². The maximum absolute atomic E-state index is 12.4. The van der Waals surface area contributed by atoms with Crippen molar-refractivity contribution < 1.29 is 9.53 Å². The summed E-state index contributed by atoms with van der Waals surface area (Å²) >= 11 is 0. The molecule has 0 saturated carbocycles. The van der Waals surface area contributed by atoms with Gasteiger partial charge in [-0.15, -0.1) is 0 Å². The van der Waals surface area contributed by atoms with Crippen LogP contribution in [0.25, 0.3) is 5.57 Å². The average molecular weight is 571 g/mol. The number of nitrogens with zero attached hydrogens (tertiary/aromatic N) is 4. The summed E-state index contributed by atoms with van der Waals surface area (Å²) in [6, 6.07) is 16.7. The zero-order chi connectivity index (χ0) is 29.8. The number of fused-ring (bicyclic) bond motifs is 2.